The number of halogens is 3. The quantitative estimate of drug-likeness (QED) is 0.667. The van der Waals surface area contributed by atoms with Crippen molar-refractivity contribution in [1.82, 2.24) is 10.2 Å². The number of carbonyl (C=O) groups is 4. The third-order valence-electron chi connectivity index (χ3n) is 5.55. The van der Waals surface area contributed by atoms with E-state index in [0.29, 0.717) is 11.1 Å². The molecule has 1 N–H and O–H groups in total. The van der Waals surface area contributed by atoms with Crippen LogP contribution in [0, 0.1) is 0 Å². The second-order valence-electron chi connectivity index (χ2n) is 7.64. The van der Waals surface area contributed by atoms with Crippen LogP contribution < -0.4 is 5.31 Å². The second kappa shape index (κ2) is 8.43. The molecule has 0 radical (unpaired) electrons. The number of aryl methyl sites for hydroxylation is 1. The minimum Gasteiger partial charge on any atom is -0.322 e. The summed E-state index contributed by atoms with van der Waals surface area (Å²) in [5.74, 6) is -7.35. The molecule has 1 saturated heterocycles. The zero-order valence-corrected chi connectivity index (χ0v) is 17.5. The number of piperidine rings is 1. The Kier molecular flexibility index (Phi) is 5.15. The van der Waals surface area contributed by atoms with Crippen molar-refractivity contribution in [1.29, 1.82) is 0 Å². The number of nitrogens with one attached hydrogen (secondary N) is 1. The monoisotopic (exact) mass is 462 g/mol. The molecular weight excluding hydrogens is 442 g/mol. The number of rotatable bonds is 6. The van der Waals surface area contributed by atoms with Crippen LogP contribution in [-0.2, 0) is 33.3 Å². The summed E-state index contributed by atoms with van der Waals surface area (Å²) in [4.78, 5) is 50.1. The fourth-order valence-electron chi connectivity index (χ4n) is 3.80. The van der Waals surface area contributed by atoms with Crippen molar-refractivity contribution in [3.63, 3.8) is 0 Å². The van der Waals surface area contributed by atoms with Gasteiger partial charge in [-0.3, -0.25) is 24.5 Å². The maximum Gasteiger partial charge on any atom is 0.330 e. The van der Waals surface area contributed by atoms with Crippen molar-refractivity contribution in [2.75, 3.05) is 0 Å². The van der Waals surface area contributed by atoms with Crippen molar-refractivity contribution in [2.24, 2.45) is 0 Å². The van der Waals surface area contributed by atoms with Crippen LogP contribution in [0.4, 0.5) is 8.78 Å². The predicted octanol–water partition coefficient (Wildman–Crippen LogP) is 3.39. The second-order valence-corrected chi connectivity index (χ2v) is 8.08. The Morgan fingerprint density at radius 3 is 2.66 bits per heavy atom. The van der Waals surface area contributed by atoms with Crippen molar-refractivity contribution < 1.29 is 30.7 Å². The Balaban J connectivity index is 1.47. The van der Waals surface area contributed by atoms with E-state index in [1.54, 1.807) is 6.07 Å². The molecule has 2 aromatic carbocycles. The summed E-state index contributed by atoms with van der Waals surface area (Å²) < 4.78 is 45.1. The minimum atomic E-state index is -3.67. The van der Waals surface area contributed by atoms with Gasteiger partial charge in [0.2, 0.25) is 17.6 Å². The molecule has 0 spiro atoms. The SMILES string of the molecule is [2H]N1C(=O)CC[C@]([2H])(N2Cc3cc(CCC(=O)C(F)(F)c4ccc(Cl)cc4)ccc3C2=O)C1=O. The summed E-state index contributed by atoms with van der Waals surface area (Å²) in [6.07, 6.45) is -0.874. The maximum atomic E-state index is 14.5. The third kappa shape index (κ3) is 4.14. The van der Waals surface area contributed by atoms with E-state index in [4.69, 9.17) is 14.4 Å². The molecule has 32 heavy (non-hydrogen) atoms. The number of fused-ring (bicyclic) bond motifs is 1. The lowest BCUT2D eigenvalue weighted by molar-refractivity contribution is -0.144. The van der Waals surface area contributed by atoms with E-state index in [-0.39, 0.29) is 41.7 Å². The van der Waals surface area contributed by atoms with E-state index < -0.39 is 47.4 Å². The fourth-order valence-corrected chi connectivity index (χ4v) is 3.92. The van der Waals surface area contributed by atoms with Crippen LogP contribution in [0.2, 0.25) is 6.43 Å². The van der Waals surface area contributed by atoms with Gasteiger partial charge in [0.25, 0.3) is 5.91 Å². The molecule has 0 aliphatic carbocycles. The van der Waals surface area contributed by atoms with Crippen molar-refractivity contribution in [3.8, 4) is 0 Å². The molecule has 9 heteroatoms. The molecule has 166 valence electrons. The van der Waals surface area contributed by atoms with Crippen LogP contribution in [0.5, 0.6) is 0 Å². The Morgan fingerprint density at radius 2 is 1.94 bits per heavy atom. The Labute approximate surface area is 190 Å². The largest absolute Gasteiger partial charge is 0.330 e. The zero-order valence-electron chi connectivity index (χ0n) is 18.7. The number of nitrogens with zero attached hydrogens (tertiary/aromatic N) is 1. The first-order valence-corrected chi connectivity index (χ1v) is 10.3. The number of ketones is 1. The van der Waals surface area contributed by atoms with Crippen molar-refractivity contribution in [2.45, 2.75) is 44.2 Å². The highest BCUT2D eigenvalue weighted by Gasteiger charge is 2.41. The number of alkyl halides is 2. The van der Waals surface area contributed by atoms with Crippen LogP contribution in [-0.4, -0.2) is 34.4 Å². The highest BCUT2D eigenvalue weighted by atomic mass is 35.5. The lowest BCUT2D eigenvalue weighted by atomic mass is 9.97. The molecule has 2 aromatic rings. The highest BCUT2D eigenvalue weighted by molar-refractivity contribution is 6.30. The number of benzene rings is 2. The molecule has 0 bridgehead atoms. The van der Waals surface area contributed by atoms with Crippen molar-refractivity contribution >= 4 is 35.1 Å². The average Bonchev–Trinajstić information content (AvgIpc) is 3.15. The van der Waals surface area contributed by atoms with Crippen molar-refractivity contribution in [3.05, 3.63) is 69.7 Å². The van der Waals surface area contributed by atoms with Crippen LogP contribution in [0.25, 0.3) is 0 Å². The van der Waals surface area contributed by atoms with Crippen LogP contribution in [0.15, 0.2) is 42.5 Å². The molecule has 1 atom stereocenters. The van der Waals surface area contributed by atoms with Gasteiger partial charge in [-0.15, -0.1) is 0 Å². The molecular formula is C23H19ClF2N2O4. The van der Waals surface area contributed by atoms with Gasteiger partial charge in [-0.25, -0.2) is 0 Å². The zero-order chi connectivity index (χ0) is 24.8. The van der Waals surface area contributed by atoms with Gasteiger partial charge in [-0.2, -0.15) is 8.78 Å². The maximum absolute atomic E-state index is 14.5. The van der Waals surface area contributed by atoms with E-state index in [0.717, 1.165) is 17.0 Å². The van der Waals surface area contributed by atoms with Gasteiger partial charge in [0, 0.05) is 35.5 Å². The number of hydrogen-bond acceptors (Lipinski definition) is 4. The van der Waals surface area contributed by atoms with Gasteiger partial charge < -0.3 is 4.90 Å². The molecule has 4 rings (SSSR count). The summed E-state index contributed by atoms with van der Waals surface area (Å²) in [7, 11) is 0. The van der Waals surface area contributed by atoms with Gasteiger partial charge in [0.1, 0.15) is 6.02 Å². The number of carbonyl (C=O) groups excluding carboxylic acids is 4. The minimum absolute atomic E-state index is 0.00340. The van der Waals surface area contributed by atoms with Gasteiger partial charge in [-0.05, 0) is 42.2 Å². The molecule has 0 aromatic heterocycles. The van der Waals surface area contributed by atoms with E-state index in [1.807, 2.05) is 0 Å². The van der Waals surface area contributed by atoms with Gasteiger partial charge >= 0.3 is 5.92 Å². The average molecular weight is 463 g/mol. The smallest absolute Gasteiger partial charge is 0.322 e. The molecule has 2 aliphatic rings. The fraction of sp³-hybridized carbons (Fsp3) is 0.304. The number of amides is 3. The molecule has 2 heterocycles. The molecule has 0 unspecified atom stereocenters. The first-order chi connectivity index (χ1) is 15.9. The highest BCUT2D eigenvalue weighted by Crippen LogP contribution is 2.32. The first-order valence-electron chi connectivity index (χ1n) is 10.9. The predicted molar refractivity (Wildman–Crippen MR) is 111 cm³/mol. The summed E-state index contributed by atoms with van der Waals surface area (Å²) in [6, 6.07) is 7.28. The molecule has 3 amide bonds. The lowest BCUT2D eigenvalue weighted by Gasteiger charge is -2.29. The standard InChI is InChI=1S/C23H19ClF2N2O4/c24-16-5-3-15(4-6-16)23(25,26)19(29)9-2-13-1-7-17-14(11-13)12-28(22(17)32)18-8-10-20(30)27-21(18)31/h1,3-7,11,18H,2,8-10,12H2,(H,27,30,31)/t18-/m0/s1/i18D/hD. The lowest BCUT2D eigenvalue weighted by Crippen LogP contribution is -2.52. The Hall–Kier alpha value is -3.13. The van der Waals surface area contributed by atoms with E-state index in [2.05, 4.69) is 0 Å². The molecule has 1 fully saturated rings. The van der Waals surface area contributed by atoms with E-state index >= 15 is 0 Å². The van der Waals surface area contributed by atoms with Gasteiger partial charge in [0.15, 0.2) is 1.41 Å². The third-order valence-corrected chi connectivity index (χ3v) is 5.80. The van der Waals surface area contributed by atoms with E-state index in [9.17, 15) is 28.0 Å². The summed E-state index contributed by atoms with van der Waals surface area (Å²) >= 11 is 5.71. The van der Waals surface area contributed by atoms with Crippen LogP contribution >= 0.6 is 11.6 Å². The van der Waals surface area contributed by atoms with Crippen LogP contribution in [0.3, 0.4) is 0 Å². The molecule has 0 saturated carbocycles. The Bertz CT molecular complexity index is 1210. The first kappa shape index (κ1) is 19.5. The summed E-state index contributed by atoms with van der Waals surface area (Å²) in [5, 5.41) is 0.394. The molecule has 6 nitrogen and oxygen atoms in total. The number of hydrogen-bond donors (Lipinski definition) is 1. The van der Waals surface area contributed by atoms with Gasteiger partial charge in [0.05, 0.1) is 1.37 Å². The topological polar surface area (TPSA) is 83.6 Å². The van der Waals surface area contributed by atoms with E-state index in [1.165, 1.54) is 24.3 Å². The number of imide groups is 1. The summed E-state index contributed by atoms with van der Waals surface area (Å²) in [5.41, 5.74) is 0.818. The van der Waals surface area contributed by atoms with Gasteiger partial charge in [-0.1, -0.05) is 35.9 Å². The summed E-state index contributed by atoms with van der Waals surface area (Å²) in [6.45, 7) is -0.103. The Morgan fingerprint density at radius 1 is 1.22 bits per heavy atom. The molecule has 2 aliphatic heterocycles. The number of Topliss-reactive ketones (excluding diaryl/α,β-unsaturated/α-hetero) is 1. The normalized spacial score (nSPS) is 22.0. The van der Waals surface area contributed by atoms with Crippen LogP contribution in [0.1, 0.15) is 47.7 Å².